The minimum absolute atomic E-state index is 0.792. The van der Waals surface area contributed by atoms with Crippen molar-refractivity contribution in [1.29, 1.82) is 0 Å². The third-order valence-electron chi connectivity index (χ3n) is 5.28. The fourth-order valence-electron chi connectivity index (χ4n) is 3.76. The van der Waals surface area contributed by atoms with Crippen molar-refractivity contribution in [3.8, 4) is 0 Å². The molecule has 2 aliphatic rings. The highest BCUT2D eigenvalue weighted by Crippen LogP contribution is 2.25. The van der Waals surface area contributed by atoms with Crippen LogP contribution in [0.5, 0.6) is 0 Å². The molecule has 1 aliphatic carbocycles. The average Bonchev–Trinajstić information content (AvgIpc) is 3.08. The highest BCUT2D eigenvalue weighted by atomic mass is 16.5. The molecule has 0 atom stereocenters. The van der Waals surface area contributed by atoms with Crippen LogP contribution in [0.15, 0.2) is 24.3 Å². The molecule has 1 heterocycles. The summed E-state index contributed by atoms with van der Waals surface area (Å²) in [7, 11) is 0. The lowest BCUT2D eigenvalue weighted by Crippen LogP contribution is -2.43. The molecule has 0 radical (unpaired) electrons. The normalized spacial score (nSPS) is 20.8. The van der Waals surface area contributed by atoms with E-state index < -0.39 is 0 Å². The number of aryl methyl sites for hydroxylation is 1. The van der Waals surface area contributed by atoms with Gasteiger partial charge in [-0.25, -0.2) is 0 Å². The van der Waals surface area contributed by atoms with E-state index >= 15 is 0 Å². The summed E-state index contributed by atoms with van der Waals surface area (Å²) in [6.45, 7) is 9.74. The second kappa shape index (κ2) is 8.09. The first kappa shape index (κ1) is 16.0. The smallest absolute Gasteiger partial charge is 0.0594 e. The van der Waals surface area contributed by atoms with Crippen molar-refractivity contribution in [2.24, 2.45) is 0 Å². The van der Waals surface area contributed by atoms with Gasteiger partial charge in [-0.15, -0.1) is 0 Å². The van der Waals surface area contributed by atoms with Crippen LogP contribution < -0.4 is 0 Å². The monoisotopic (exact) mass is 302 g/mol. The molecule has 0 spiro atoms. The molecule has 2 fully saturated rings. The van der Waals surface area contributed by atoms with E-state index in [9.17, 15) is 0 Å². The standard InChI is InChI=1S/C19H30N2O/c1-17-6-2-3-7-18(17)16-21(19-8-4-5-9-19)11-10-20-12-14-22-15-13-20/h2-3,6-7,19H,4-5,8-16H2,1H3. The van der Waals surface area contributed by atoms with E-state index in [0.717, 1.165) is 38.9 Å². The molecule has 0 amide bonds. The fourth-order valence-corrected chi connectivity index (χ4v) is 3.76. The lowest BCUT2D eigenvalue weighted by Gasteiger charge is -2.33. The van der Waals surface area contributed by atoms with Crippen LogP contribution in [-0.4, -0.2) is 55.2 Å². The van der Waals surface area contributed by atoms with Crippen molar-refractivity contribution in [2.45, 2.75) is 45.2 Å². The number of benzene rings is 1. The van der Waals surface area contributed by atoms with Gasteiger partial charge < -0.3 is 4.74 Å². The molecule has 1 saturated heterocycles. The molecule has 0 aromatic heterocycles. The molecule has 0 N–H and O–H groups in total. The van der Waals surface area contributed by atoms with E-state index in [-0.39, 0.29) is 0 Å². The SMILES string of the molecule is Cc1ccccc1CN(CCN1CCOCC1)C1CCCC1. The summed E-state index contributed by atoms with van der Waals surface area (Å²) in [5.74, 6) is 0. The first-order valence-corrected chi connectivity index (χ1v) is 8.91. The fraction of sp³-hybridized carbons (Fsp3) is 0.684. The summed E-state index contributed by atoms with van der Waals surface area (Å²) >= 11 is 0. The zero-order chi connectivity index (χ0) is 15.2. The van der Waals surface area contributed by atoms with Crippen LogP contribution in [0.3, 0.4) is 0 Å². The van der Waals surface area contributed by atoms with Crippen LogP contribution in [0.1, 0.15) is 36.8 Å². The van der Waals surface area contributed by atoms with Crippen molar-refractivity contribution in [2.75, 3.05) is 39.4 Å². The maximum atomic E-state index is 5.46. The van der Waals surface area contributed by atoms with Crippen LogP contribution in [0.25, 0.3) is 0 Å². The van der Waals surface area contributed by atoms with E-state index in [1.807, 2.05) is 0 Å². The minimum atomic E-state index is 0.792. The van der Waals surface area contributed by atoms with Gasteiger partial charge in [0.2, 0.25) is 0 Å². The number of hydrogen-bond acceptors (Lipinski definition) is 3. The van der Waals surface area contributed by atoms with Gasteiger partial charge in [0.1, 0.15) is 0 Å². The third-order valence-corrected chi connectivity index (χ3v) is 5.28. The number of nitrogens with zero attached hydrogens (tertiary/aromatic N) is 2. The van der Waals surface area contributed by atoms with Crippen molar-refractivity contribution >= 4 is 0 Å². The molecular formula is C19H30N2O. The number of rotatable bonds is 6. The summed E-state index contributed by atoms with van der Waals surface area (Å²) < 4.78 is 5.46. The molecule has 122 valence electrons. The van der Waals surface area contributed by atoms with Gasteiger partial charge in [0, 0.05) is 38.8 Å². The lowest BCUT2D eigenvalue weighted by molar-refractivity contribution is 0.0302. The molecule has 0 unspecified atom stereocenters. The maximum absolute atomic E-state index is 5.46. The van der Waals surface area contributed by atoms with Crippen LogP contribution >= 0.6 is 0 Å². The van der Waals surface area contributed by atoms with Crippen molar-refractivity contribution in [3.05, 3.63) is 35.4 Å². The van der Waals surface area contributed by atoms with Gasteiger partial charge in [-0.2, -0.15) is 0 Å². The number of morpholine rings is 1. The van der Waals surface area contributed by atoms with Gasteiger partial charge in [-0.05, 0) is 30.9 Å². The molecule has 1 saturated carbocycles. The Hall–Kier alpha value is -0.900. The highest BCUT2D eigenvalue weighted by Gasteiger charge is 2.23. The molecule has 3 rings (SSSR count). The first-order chi connectivity index (χ1) is 10.8. The van der Waals surface area contributed by atoms with Gasteiger partial charge in [-0.1, -0.05) is 37.1 Å². The van der Waals surface area contributed by atoms with Crippen LogP contribution in [0.2, 0.25) is 0 Å². The van der Waals surface area contributed by atoms with Gasteiger partial charge in [-0.3, -0.25) is 9.80 Å². The number of ether oxygens (including phenoxy) is 1. The summed E-state index contributed by atoms with van der Waals surface area (Å²) in [5.41, 5.74) is 2.92. The van der Waals surface area contributed by atoms with Crippen LogP contribution in [0, 0.1) is 6.92 Å². The second-order valence-electron chi connectivity index (χ2n) is 6.79. The van der Waals surface area contributed by atoms with Crippen molar-refractivity contribution in [3.63, 3.8) is 0 Å². The molecule has 22 heavy (non-hydrogen) atoms. The Morgan fingerprint density at radius 2 is 1.86 bits per heavy atom. The molecule has 0 bridgehead atoms. The van der Waals surface area contributed by atoms with Crippen LogP contribution in [0.4, 0.5) is 0 Å². The van der Waals surface area contributed by atoms with Crippen molar-refractivity contribution in [1.82, 2.24) is 9.80 Å². The second-order valence-corrected chi connectivity index (χ2v) is 6.79. The quantitative estimate of drug-likeness (QED) is 0.803. The molecular weight excluding hydrogens is 272 g/mol. The average molecular weight is 302 g/mol. The van der Waals surface area contributed by atoms with Crippen molar-refractivity contribution < 1.29 is 4.74 Å². The molecule has 1 aliphatic heterocycles. The van der Waals surface area contributed by atoms with E-state index in [4.69, 9.17) is 4.74 Å². The molecule has 1 aromatic rings. The lowest BCUT2D eigenvalue weighted by atomic mass is 10.1. The van der Waals surface area contributed by atoms with Gasteiger partial charge in [0.25, 0.3) is 0 Å². The number of hydrogen-bond donors (Lipinski definition) is 0. The van der Waals surface area contributed by atoms with Gasteiger partial charge in [0.15, 0.2) is 0 Å². The van der Waals surface area contributed by atoms with E-state index in [1.54, 1.807) is 0 Å². The van der Waals surface area contributed by atoms with E-state index in [0.29, 0.717) is 0 Å². The Morgan fingerprint density at radius 1 is 1.14 bits per heavy atom. The summed E-state index contributed by atoms with van der Waals surface area (Å²) in [6, 6.07) is 9.65. The van der Waals surface area contributed by atoms with Gasteiger partial charge in [0.05, 0.1) is 13.2 Å². The maximum Gasteiger partial charge on any atom is 0.0594 e. The predicted molar refractivity (Wildman–Crippen MR) is 91.1 cm³/mol. The Bertz CT molecular complexity index is 451. The predicted octanol–water partition coefficient (Wildman–Crippen LogP) is 3.07. The van der Waals surface area contributed by atoms with Crippen LogP contribution in [-0.2, 0) is 11.3 Å². The summed E-state index contributed by atoms with van der Waals surface area (Å²) in [4.78, 5) is 5.30. The molecule has 3 heteroatoms. The summed E-state index contributed by atoms with van der Waals surface area (Å²) in [5, 5.41) is 0. The Balaban J connectivity index is 1.60. The molecule has 1 aromatic carbocycles. The van der Waals surface area contributed by atoms with E-state index in [2.05, 4.69) is 41.0 Å². The minimum Gasteiger partial charge on any atom is -0.379 e. The zero-order valence-electron chi connectivity index (χ0n) is 14.0. The first-order valence-electron chi connectivity index (χ1n) is 8.91. The van der Waals surface area contributed by atoms with Gasteiger partial charge >= 0.3 is 0 Å². The topological polar surface area (TPSA) is 15.7 Å². The Labute approximate surface area is 135 Å². The van der Waals surface area contributed by atoms with E-state index in [1.165, 1.54) is 49.9 Å². The zero-order valence-corrected chi connectivity index (χ0v) is 14.0. The third kappa shape index (κ3) is 4.31. The Morgan fingerprint density at radius 3 is 2.59 bits per heavy atom. The largest absolute Gasteiger partial charge is 0.379 e. The summed E-state index contributed by atoms with van der Waals surface area (Å²) in [6.07, 6.45) is 5.59. The molecule has 3 nitrogen and oxygen atoms in total. The Kier molecular flexibility index (Phi) is 5.88. The highest BCUT2D eigenvalue weighted by molar-refractivity contribution is 5.25.